The number of halogens is 1. The Morgan fingerprint density at radius 2 is 1.79 bits per heavy atom. The SMILES string of the molecule is Cc1ccc(-c2nnc([C@H](C)[NH+]3CC[NH+](Cc4cccc(Cl)c4)CC3)o2)cc1. The molecule has 1 aliphatic heterocycles. The molecule has 1 fully saturated rings. The molecule has 2 aromatic carbocycles. The molecule has 1 aromatic heterocycles. The van der Waals surface area contributed by atoms with Crippen molar-refractivity contribution in [1.29, 1.82) is 0 Å². The van der Waals surface area contributed by atoms with Gasteiger partial charge >= 0.3 is 0 Å². The molecule has 1 saturated heterocycles. The van der Waals surface area contributed by atoms with Crippen molar-refractivity contribution >= 4 is 11.6 Å². The summed E-state index contributed by atoms with van der Waals surface area (Å²) in [7, 11) is 0. The van der Waals surface area contributed by atoms with Gasteiger partial charge < -0.3 is 14.2 Å². The smallest absolute Gasteiger partial charge is 0.274 e. The zero-order chi connectivity index (χ0) is 19.5. The summed E-state index contributed by atoms with van der Waals surface area (Å²) < 4.78 is 6.00. The Morgan fingerprint density at radius 1 is 1.04 bits per heavy atom. The number of nitrogens with zero attached hydrogens (tertiary/aromatic N) is 2. The van der Waals surface area contributed by atoms with E-state index in [4.69, 9.17) is 16.0 Å². The summed E-state index contributed by atoms with van der Waals surface area (Å²) in [5.74, 6) is 1.33. The Bertz CT molecular complexity index is 916. The fraction of sp³-hybridized carbons (Fsp3) is 0.364. The van der Waals surface area contributed by atoms with E-state index in [1.165, 1.54) is 16.0 Å². The van der Waals surface area contributed by atoms with Crippen LogP contribution >= 0.6 is 11.6 Å². The molecule has 1 aliphatic rings. The predicted molar refractivity (Wildman–Crippen MR) is 109 cm³/mol. The van der Waals surface area contributed by atoms with Crippen LogP contribution in [0.3, 0.4) is 0 Å². The van der Waals surface area contributed by atoms with Gasteiger partial charge in [0.1, 0.15) is 32.7 Å². The minimum atomic E-state index is 0.208. The molecule has 0 saturated carbocycles. The Hall–Kier alpha value is -2.21. The first-order chi connectivity index (χ1) is 13.6. The minimum absolute atomic E-state index is 0.208. The number of aromatic nitrogens is 2. The molecule has 28 heavy (non-hydrogen) atoms. The molecule has 0 amide bonds. The molecule has 1 atom stereocenters. The lowest BCUT2D eigenvalue weighted by molar-refractivity contribution is -1.03. The third kappa shape index (κ3) is 4.43. The standard InChI is InChI=1S/C22H25ClN4O/c1-16-6-8-19(9-7-16)22-25-24-21(28-22)17(2)27-12-10-26(11-13-27)15-18-4-3-5-20(23)14-18/h3-9,14,17H,10-13,15H2,1-2H3/p+2/t17-/m0/s1. The van der Waals surface area contributed by atoms with Crippen LogP contribution in [0.4, 0.5) is 0 Å². The lowest BCUT2D eigenvalue weighted by Gasteiger charge is -2.32. The first kappa shape index (κ1) is 19.1. The van der Waals surface area contributed by atoms with E-state index in [9.17, 15) is 0 Å². The molecule has 0 unspecified atom stereocenters. The van der Waals surface area contributed by atoms with Gasteiger partial charge in [-0.3, -0.25) is 0 Å². The lowest BCUT2D eigenvalue weighted by Crippen LogP contribution is -3.27. The van der Waals surface area contributed by atoms with Crippen LogP contribution in [-0.2, 0) is 6.54 Å². The Labute approximate surface area is 170 Å². The topological polar surface area (TPSA) is 47.8 Å². The van der Waals surface area contributed by atoms with Gasteiger partial charge in [-0.1, -0.05) is 41.4 Å². The number of hydrogen-bond donors (Lipinski definition) is 2. The van der Waals surface area contributed by atoms with Crippen LogP contribution in [0.25, 0.3) is 11.5 Å². The maximum Gasteiger partial charge on any atom is 0.274 e. The molecule has 146 valence electrons. The van der Waals surface area contributed by atoms with Crippen molar-refractivity contribution in [2.75, 3.05) is 26.2 Å². The largest absolute Gasteiger partial charge is 0.415 e. The minimum Gasteiger partial charge on any atom is -0.415 e. The lowest BCUT2D eigenvalue weighted by atomic mass is 10.1. The van der Waals surface area contributed by atoms with Gasteiger partial charge in [0.15, 0.2) is 6.04 Å². The maximum absolute atomic E-state index is 6.11. The fourth-order valence-electron chi connectivity index (χ4n) is 3.87. The molecule has 0 spiro atoms. The molecule has 2 heterocycles. The Kier molecular flexibility index (Phi) is 5.76. The van der Waals surface area contributed by atoms with Crippen molar-refractivity contribution in [3.05, 3.63) is 70.6 Å². The van der Waals surface area contributed by atoms with Gasteiger partial charge in [-0.25, -0.2) is 0 Å². The first-order valence-corrected chi connectivity index (χ1v) is 10.3. The quantitative estimate of drug-likeness (QED) is 0.688. The number of benzene rings is 2. The van der Waals surface area contributed by atoms with E-state index >= 15 is 0 Å². The number of rotatable bonds is 5. The average molecular weight is 399 g/mol. The molecular formula is C22H27ClN4O+2. The second-order valence-electron chi connectivity index (χ2n) is 7.75. The third-order valence-electron chi connectivity index (χ3n) is 5.66. The summed E-state index contributed by atoms with van der Waals surface area (Å²) >= 11 is 6.11. The van der Waals surface area contributed by atoms with E-state index in [0.29, 0.717) is 5.89 Å². The zero-order valence-electron chi connectivity index (χ0n) is 16.4. The third-order valence-corrected chi connectivity index (χ3v) is 5.90. The van der Waals surface area contributed by atoms with E-state index in [0.717, 1.165) is 49.2 Å². The van der Waals surface area contributed by atoms with Crippen LogP contribution in [0.1, 0.15) is 30.0 Å². The monoisotopic (exact) mass is 398 g/mol. The number of aryl methyl sites for hydroxylation is 1. The van der Waals surface area contributed by atoms with Crippen LogP contribution in [-0.4, -0.2) is 36.4 Å². The molecule has 0 radical (unpaired) electrons. The molecule has 0 bridgehead atoms. The van der Waals surface area contributed by atoms with Gasteiger partial charge in [0.05, 0.1) is 0 Å². The van der Waals surface area contributed by atoms with Crippen LogP contribution in [0.15, 0.2) is 52.9 Å². The van der Waals surface area contributed by atoms with Crippen LogP contribution in [0.2, 0.25) is 5.02 Å². The Morgan fingerprint density at radius 3 is 2.50 bits per heavy atom. The highest BCUT2D eigenvalue weighted by atomic mass is 35.5. The van der Waals surface area contributed by atoms with Crippen LogP contribution in [0.5, 0.6) is 0 Å². The van der Waals surface area contributed by atoms with Gasteiger partial charge in [0, 0.05) is 16.1 Å². The normalized spacial score (nSPS) is 20.8. The summed E-state index contributed by atoms with van der Waals surface area (Å²) in [6.07, 6.45) is 0. The molecule has 2 N–H and O–H groups in total. The number of hydrogen-bond acceptors (Lipinski definition) is 3. The number of quaternary nitrogens is 2. The van der Waals surface area contributed by atoms with Crippen molar-refractivity contribution < 1.29 is 14.2 Å². The summed E-state index contributed by atoms with van der Waals surface area (Å²) in [6, 6.07) is 16.6. The highest BCUT2D eigenvalue weighted by Crippen LogP contribution is 2.20. The maximum atomic E-state index is 6.11. The van der Waals surface area contributed by atoms with Gasteiger partial charge in [-0.05, 0) is 38.1 Å². The van der Waals surface area contributed by atoms with Gasteiger partial charge in [0.2, 0.25) is 5.89 Å². The van der Waals surface area contributed by atoms with Crippen molar-refractivity contribution in [2.45, 2.75) is 26.4 Å². The van der Waals surface area contributed by atoms with Crippen molar-refractivity contribution in [1.82, 2.24) is 10.2 Å². The summed E-state index contributed by atoms with van der Waals surface area (Å²) in [6.45, 7) is 9.74. The first-order valence-electron chi connectivity index (χ1n) is 9.91. The fourth-order valence-corrected chi connectivity index (χ4v) is 4.08. The molecular weight excluding hydrogens is 372 g/mol. The summed E-state index contributed by atoms with van der Waals surface area (Å²) in [5, 5.41) is 9.41. The highest BCUT2D eigenvalue weighted by molar-refractivity contribution is 6.30. The van der Waals surface area contributed by atoms with E-state index < -0.39 is 0 Å². The average Bonchev–Trinajstić information content (AvgIpc) is 3.19. The molecule has 5 nitrogen and oxygen atoms in total. The van der Waals surface area contributed by atoms with Gasteiger partial charge in [-0.2, -0.15) is 0 Å². The van der Waals surface area contributed by atoms with Crippen LogP contribution in [0, 0.1) is 6.92 Å². The van der Waals surface area contributed by atoms with Crippen LogP contribution < -0.4 is 9.80 Å². The number of piperazine rings is 1. The molecule has 3 aromatic rings. The van der Waals surface area contributed by atoms with E-state index in [2.05, 4.69) is 48.3 Å². The highest BCUT2D eigenvalue weighted by Gasteiger charge is 2.31. The number of nitrogens with one attached hydrogen (secondary N) is 2. The molecule has 4 rings (SSSR count). The van der Waals surface area contributed by atoms with E-state index in [-0.39, 0.29) is 6.04 Å². The molecule has 6 heteroatoms. The van der Waals surface area contributed by atoms with Gasteiger partial charge in [0.25, 0.3) is 5.89 Å². The second kappa shape index (κ2) is 8.43. The van der Waals surface area contributed by atoms with Gasteiger partial charge in [-0.15, -0.1) is 10.2 Å². The molecule has 0 aliphatic carbocycles. The Balaban J connectivity index is 1.35. The summed E-state index contributed by atoms with van der Waals surface area (Å²) in [5.41, 5.74) is 3.50. The second-order valence-corrected chi connectivity index (χ2v) is 8.18. The van der Waals surface area contributed by atoms with Crippen molar-refractivity contribution in [3.63, 3.8) is 0 Å². The predicted octanol–water partition coefficient (Wildman–Crippen LogP) is 1.74. The van der Waals surface area contributed by atoms with Crippen molar-refractivity contribution in [2.24, 2.45) is 0 Å². The van der Waals surface area contributed by atoms with Crippen molar-refractivity contribution in [3.8, 4) is 11.5 Å². The summed E-state index contributed by atoms with van der Waals surface area (Å²) in [4.78, 5) is 3.11. The zero-order valence-corrected chi connectivity index (χ0v) is 17.2. The van der Waals surface area contributed by atoms with E-state index in [1.807, 2.05) is 24.3 Å². The van der Waals surface area contributed by atoms with E-state index in [1.54, 1.807) is 4.90 Å².